The molecule has 2 unspecified atom stereocenters. The minimum atomic E-state index is -0.411. The summed E-state index contributed by atoms with van der Waals surface area (Å²) in [7, 11) is 0. The van der Waals surface area contributed by atoms with Crippen molar-refractivity contribution in [3.8, 4) is 0 Å². The number of benzene rings is 1. The number of amides is 2. The van der Waals surface area contributed by atoms with Gasteiger partial charge < -0.3 is 0 Å². The Kier molecular flexibility index (Phi) is 4.64. The quantitative estimate of drug-likeness (QED) is 0.564. The first kappa shape index (κ1) is 15.1. The highest BCUT2D eigenvalue weighted by Crippen LogP contribution is 2.13. The minimum Gasteiger partial charge on any atom is -0.291 e. The SMILES string of the molecule is C/C(=N\NC(=O)CC1C(=O)NNC1C)c1ccc(F)cc1. The van der Waals surface area contributed by atoms with Gasteiger partial charge in [-0.15, -0.1) is 0 Å². The Morgan fingerprint density at radius 2 is 2.05 bits per heavy atom. The van der Waals surface area contributed by atoms with Crippen LogP contribution in [0.2, 0.25) is 0 Å². The molecule has 1 aliphatic heterocycles. The number of nitrogens with zero attached hydrogens (tertiary/aromatic N) is 1. The lowest BCUT2D eigenvalue weighted by atomic mass is 9.99. The average Bonchev–Trinajstić information content (AvgIpc) is 2.77. The standard InChI is InChI=1S/C14H17FN4O2/c1-8(10-3-5-11(15)6-4-10)16-18-13(20)7-12-9(2)17-19-14(12)21/h3-6,9,12,17H,7H2,1-2H3,(H,18,20)(H,19,21)/b16-8+. The van der Waals surface area contributed by atoms with Gasteiger partial charge in [0.1, 0.15) is 5.82 Å². The molecule has 1 heterocycles. The van der Waals surface area contributed by atoms with Crippen LogP contribution in [0.5, 0.6) is 0 Å². The van der Waals surface area contributed by atoms with Crippen molar-refractivity contribution in [2.45, 2.75) is 26.3 Å². The van der Waals surface area contributed by atoms with E-state index in [4.69, 9.17) is 0 Å². The molecule has 0 saturated carbocycles. The molecule has 3 N–H and O–H groups in total. The highest BCUT2D eigenvalue weighted by atomic mass is 19.1. The van der Waals surface area contributed by atoms with E-state index in [1.54, 1.807) is 19.1 Å². The Balaban J connectivity index is 1.92. The van der Waals surface area contributed by atoms with Crippen molar-refractivity contribution < 1.29 is 14.0 Å². The maximum Gasteiger partial charge on any atom is 0.240 e. The highest BCUT2D eigenvalue weighted by Gasteiger charge is 2.32. The molecule has 0 aromatic heterocycles. The predicted octanol–water partition coefficient (Wildman–Crippen LogP) is 0.695. The largest absolute Gasteiger partial charge is 0.291 e. The molecule has 0 spiro atoms. The Labute approximate surface area is 121 Å². The number of nitrogens with one attached hydrogen (secondary N) is 3. The van der Waals surface area contributed by atoms with Gasteiger partial charge in [-0.1, -0.05) is 12.1 Å². The van der Waals surface area contributed by atoms with E-state index in [1.807, 2.05) is 6.92 Å². The van der Waals surface area contributed by atoms with Gasteiger partial charge in [-0.25, -0.2) is 15.2 Å². The van der Waals surface area contributed by atoms with Crippen molar-refractivity contribution in [3.63, 3.8) is 0 Å². The first-order valence-electron chi connectivity index (χ1n) is 6.62. The molecular formula is C14H17FN4O2. The Hall–Kier alpha value is -2.28. The number of carbonyl (C=O) groups is 2. The molecule has 0 bridgehead atoms. The Morgan fingerprint density at radius 1 is 1.38 bits per heavy atom. The number of halogens is 1. The molecule has 6 nitrogen and oxygen atoms in total. The monoisotopic (exact) mass is 292 g/mol. The molecule has 1 saturated heterocycles. The zero-order valence-corrected chi connectivity index (χ0v) is 11.8. The summed E-state index contributed by atoms with van der Waals surface area (Å²) in [5, 5.41) is 3.96. The molecule has 21 heavy (non-hydrogen) atoms. The van der Waals surface area contributed by atoms with E-state index in [0.717, 1.165) is 0 Å². The van der Waals surface area contributed by atoms with E-state index in [9.17, 15) is 14.0 Å². The number of rotatable bonds is 4. The molecule has 2 atom stereocenters. The molecule has 2 amide bonds. The van der Waals surface area contributed by atoms with E-state index in [-0.39, 0.29) is 30.1 Å². The third kappa shape index (κ3) is 3.85. The van der Waals surface area contributed by atoms with Crippen molar-refractivity contribution in [3.05, 3.63) is 35.6 Å². The van der Waals surface area contributed by atoms with Crippen molar-refractivity contribution in [2.24, 2.45) is 11.0 Å². The summed E-state index contributed by atoms with van der Waals surface area (Å²) >= 11 is 0. The third-order valence-electron chi connectivity index (χ3n) is 3.38. The van der Waals surface area contributed by atoms with Gasteiger partial charge in [0.15, 0.2) is 0 Å². The van der Waals surface area contributed by atoms with Crippen LogP contribution in [0.25, 0.3) is 0 Å². The number of carbonyl (C=O) groups excluding carboxylic acids is 2. The van der Waals surface area contributed by atoms with Gasteiger partial charge in [-0.2, -0.15) is 5.10 Å². The van der Waals surface area contributed by atoms with Crippen LogP contribution in [0.4, 0.5) is 4.39 Å². The van der Waals surface area contributed by atoms with Gasteiger partial charge in [-0.3, -0.25) is 15.0 Å². The van der Waals surface area contributed by atoms with Crippen LogP contribution in [-0.4, -0.2) is 23.6 Å². The van der Waals surface area contributed by atoms with Gasteiger partial charge in [-0.05, 0) is 31.5 Å². The Bertz CT molecular complexity index is 571. The zero-order valence-electron chi connectivity index (χ0n) is 11.8. The summed E-state index contributed by atoms with van der Waals surface area (Å²) in [6.45, 7) is 3.53. The van der Waals surface area contributed by atoms with Crippen LogP contribution < -0.4 is 16.3 Å². The minimum absolute atomic E-state index is 0.0558. The lowest BCUT2D eigenvalue weighted by Crippen LogP contribution is -2.30. The summed E-state index contributed by atoms with van der Waals surface area (Å²) in [6, 6.07) is 5.71. The number of hydrogen-bond acceptors (Lipinski definition) is 4. The van der Waals surface area contributed by atoms with Crippen LogP contribution in [0, 0.1) is 11.7 Å². The fourth-order valence-corrected chi connectivity index (χ4v) is 2.02. The molecule has 1 aliphatic rings. The van der Waals surface area contributed by atoms with Gasteiger partial charge in [0.05, 0.1) is 11.6 Å². The molecule has 1 aromatic carbocycles. The van der Waals surface area contributed by atoms with Gasteiger partial charge in [0, 0.05) is 12.5 Å². The molecular weight excluding hydrogens is 275 g/mol. The lowest BCUT2D eigenvalue weighted by molar-refractivity contribution is -0.128. The van der Waals surface area contributed by atoms with Crippen LogP contribution in [0.3, 0.4) is 0 Å². The first-order valence-corrected chi connectivity index (χ1v) is 6.62. The van der Waals surface area contributed by atoms with Crippen molar-refractivity contribution >= 4 is 17.5 Å². The van der Waals surface area contributed by atoms with E-state index in [2.05, 4.69) is 21.4 Å². The van der Waals surface area contributed by atoms with E-state index in [1.165, 1.54) is 12.1 Å². The molecule has 7 heteroatoms. The summed E-state index contributed by atoms with van der Waals surface area (Å²) in [5.74, 6) is -1.28. The van der Waals surface area contributed by atoms with Crippen LogP contribution in [0.1, 0.15) is 25.8 Å². The van der Waals surface area contributed by atoms with E-state index in [0.29, 0.717) is 11.3 Å². The lowest BCUT2D eigenvalue weighted by Gasteiger charge is -2.10. The topological polar surface area (TPSA) is 82.6 Å². The van der Waals surface area contributed by atoms with Crippen molar-refractivity contribution in [2.75, 3.05) is 0 Å². The van der Waals surface area contributed by atoms with Gasteiger partial charge in [0.25, 0.3) is 0 Å². The first-order chi connectivity index (χ1) is 9.97. The molecule has 112 valence electrons. The number of hydrazine groups is 1. The number of hydrogen-bond donors (Lipinski definition) is 3. The van der Waals surface area contributed by atoms with Gasteiger partial charge >= 0.3 is 0 Å². The highest BCUT2D eigenvalue weighted by molar-refractivity contribution is 5.99. The molecule has 2 rings (SSSR count). The molecule has 1 aromatic rings. The maximum absolute atomic E-state index is 12.8. The Morgan fingerprint density at radius 3 is 2.62 bits per heavy atom. The fourth-order valence-electron chi connectivity index (χ4n) is 2.02. The zero-order chi connectivity index (χ0) is 15.4. The number of hydrazone groups is 1. The average molecular weight is 292 g/mol. The predicted molar refractivity (Wildman–Crippen MR) is 75.6 cm³/mol. The second-order valence-electron chi connectivity index (χ2n) is 4.97. The summed E-state index contributed by atoms with van der Waals surface area (Å²) in [4.78, 5) is 23.3. The normalized spacial score (nSPS) is 22.0. The second kappa shape index (κ2) is 6.45. The summed E-state index contributed by atoms with van der Waals surface area (Å²) in [5.41, 5.74) is 8.94. The fraction of sp³-hybridized carbons (Fsp3) is 0.357. The molecule has 0 aliphatic carbocycles. The second-order valence-corrected chi connectivity index (χ2v) is 4.97. The van der Waals surface area contributed by atoms with Crippen LogP contribution >= 0.6 is 0 Å². The summed E-state index contributed by atoms with van der Waals surface area (Å²) in [6.07, 6.45) is 0.0558. The van der Waals surface area contributed by atoms with Crippen LogP contribution in [-0.2, 0) is 9.59 Å². The summed E-state index contributed by atoms with van der Waals surface area (Å²) < 4.78 is 12.8. The maximum atomic E-state index is 12.8. The third-order valence-corrected chi connectivity index (χ3v) is 3.38. The van der Waals surface area contributed by atoms with Crippen LogP contribution in [0.15, 0.2) is 29.4 Å². The molecule has 0 radical (unpaired) electrons. The van der Waals surface area contributed by atoms with Crippen molar-refractivity contribution in [1.29, 1.82) is 0 Å². The van der Waals surface area contributed by atoms with Gasteiger partial charge in [0.2, 0.25) is 11.8 Å². The molecule has 1 fully saturated rings. The van der Waals surface area contributed by atoms with E-state index >= 15 is 0 Å². The van der Waals surface area contributed by atoms with Crippen molar-refractivity contribution in [1.82, 2.24) is 16.3 Å². The smallest absolute Gasteiger partial charge is 0.240 e. The van der Waals surface area contributed by atoms with E-state index < -0.39 is 5.92 Å².